The first-order valence-corrected chi connectivity index (χ1v) is 27.3. The molecule has 0 aliphatic rings. The summed E-state index contributed by atoms with van der Waals surface area (Å²) in [6.45, 7) is 4.48. The Hall–Kier alpha value is -2.97. The minimum atomic E-state index is -1.12. The van der Waals surface area contributed by atoms with E-state index in [-0.39, 0.29) is 42.7 Å². The number of ether oxygens (including phenoxy) is 3. The monoisotopic (exact) mass is 926 g/mol. The van der Waals surface area contributed by atoms with Crippen molar-refractivity contribution in [3.63, 3.8) is 0 Å². The van der Waals surface area contributed by atoms with Gasteiger partial charge in [-0.25, -0.2) is 0 Å². The van der Waals surface area contributed by atoms with E-state index in [1.807, 2.05) is 21.1 Å². The summed E-state index contributed by atoms with van der Waals surface area (Å²) in [6.07, 6.45) is 61.1. The fourth-order valence-corrected chi connectivity index (χ4v) is 8.01. The van der Waals surface area contributed by atoms with E-state index in [4.69, 9.17) is 14.2 Å². The zero-order chi connectivity index (χ0) is 48.4. The van der Waals surface area contributed by atoms with E-state index in [1.165, 1.54) is 135 Å². The minimum absolute atomic E-state index is 0.0402. The summed E-state index contributed by atoms with van der Waals surface area (Å²) in [5.41, 5.74) is 0. The van der Waals surface area contributed by atoms with Gasteiger partial charge in [-0.15, -0.1) is 0 Å². The average molecular weight is 926 g/mol. The molecule has 0 rings (SSSR count). The maximum Gasteiger partial charge on any atom is 0.306 e. The molecule has 8 heteroatoms. The van der Waals surface area contributed by atoms with Crippen LogP contribution in [0.3, 0.4) is 0 Å². The van der Waals surface area contributed by atoms with Crippen LogP contribution in [0.4, 0.5) is 0 Å². The SMILES string of the molecule is CC/C=C/C/C=C/C/C=C/CCCCCCCCCCCCCC(=O)OCC(COCCC(C(=O)[O-])[N+](C)(C)C)OC(=O)CCCCCCCCCCCCCCCC/C=C/C/C=C/CC. The smallest absolute Gasteiger partial charge is 0.306 e. The number of carboxylic acid groups (broad SMARTS) is 1. The van der Waals surface area contributed by atoms with E-state index in [9.17, 15) is 19.5 Å². The van der Waals surface area contributed by atoms with Gasteiger partial charge in [-0.1, -0.05) is 209 Å². The number of hydrogen-bond donors (Lipinski definition) is 0. The number of rotatable bonds is 49. The van der Waals surface area contributed by atoms with Gasteiger partial charge in [0.15, 0.2) is 6.10 Å². The van der Waals surface area contributed by atoms with Gasteiger partial charge in [0, 0.05) is 19.3 Å². The molecule has 0 bridgehead atoms. The van der Waals surface area contributed by atoms with Gasteiger partial charge in [-0.3, -0.25) is 9.59 Å². The standard InChI is InChI=1S/C58H103NO7/c1-6-8-10-12-14-16-18-20-22-24-26-28-30-32-34-36-38-40-42-44-46-48-56(60)65-53-54(52-64-51-50-55(58(62)63)59(3,4)5)66-57(61)49-47-45-43-41-39-37-35-33-31-29-27-25-23-21-19-17-15-13-11-9-7-2/h8-11,14-17,20,22,54-55H,6-7,12-13,18-19,21,23-53H2,1-5H3/b10-8+,11-9+,16-14+,17-15+,22-20+. The summed E-state index contributed by atoms with van der Waals surface area (Å²) in [6, 6.07) is -0.728. The Morgan fingerprint density at radius 3 is 1.18 bits per heavy atom. The zero-order valence-corrected chi connectivity index (χ0v) is 43.6. The molecule has 0 amide bonds. The van der Waals surface area contributed by atoms with Crippen LogP contribution in [0.5, 0.6) is 0 Å². The second-order valence-electron chi connectivity index (χ2n) is 19.4. The molecule has 382 valence electrons. The van der Waals surface area contributed by atoms with E-state index in [0.29, 0.717) is 12.8 Å². The highest BCUT2D eigenvalue weighted by molar-refractivity contribution is 5.70. The lowest BCUT2D eigenvalue weighted by Crippen LogP contribution is -2.55. The maximum atomic E-state index is 12.8. The molecule has 0 aromatic rings. The van der Waals surface area contributed by atoms with Gasteiger partial charge in [0.2, 0.25) is 0 Å². The highest BCUT2D eigenvalue weighted by Crippen LogP contribution is 2.16. The number of likely N-dealkylation sites (N-methyl/N-ethyl adjacent to an activating group) is 1. The van der Waals surface area contributed by atoms with Gasteiger partial charge in [0.05, 0.1) is 40.3 Å². The molecule has 66 heavy (non-hydrogen) atoms. The third-order valence-corrected chi connectivity index (χ3v) is 12.1. The summed E-state index contributed by atoms with van der Waals surface area (Å²) in [5, 5.41) is 11.7. The molecule has 0 saturated heterocycles. The number of carboxylic acids is 1. The summed E-state index contributed by atoms with van der Waals surface area (Å²) in [4.78, 5) is 37.1. The number of allylic oxidation sites excluding steroid dienone is 10. The van der Waals surface area contributed by atoms with Crippen molar-refractivity contribution in [3.05, 3.63) is 60.8 Å². The first-order chi connectivity index (χ1) is 32.1. The molecule has 0 aliphatic heterocycles. The van der Waals surface area contributed by atoms with Crippen molar-refractivity contribution in [2.75, 3.05) is 41.0 Å². The van der Waals surface area contributed by atoms with Crippen molar-refractivity contribution < 1.29 is 38.2 Å². The number of esters is 2. The predicted molar refractivity (Wildman–Crippen MR) is 277 cm³/mol. The largest absolute Gasteiger partial charge is 0.544 e. The Morgan fingerprint density at radius 2 is 0.803 bits per heavy atom. The van der Waals surface area contributed by atoms with Gasteiger partial charge in [0.1, 0.15) is 12.6 Å². The molecule has 0 radical (unpaired) electrons. The van der Waals surface area contributed by atoms with Crippen LogP contribution in [-0.2, 0) is 28.6 Å². The minimum Gasteiger partial charge on any atom is -0.544 e. The van der Waals surface area contributed by atoms with Gasteiger partial charge in [-0.05, 0) is 70.6 Å². The van der Waals surface area contributed by atoms with Crippen LogP contribution < -0.4 is 5.11 Å². The molecule has 0 aromatic heterocycles. The van der Waals surface area contributed by atoms with Crippen molar-refractivity contribution in [3.8, 4) is 0 Å². The Labute approximate surface area is 407 Å². The zero-order valence-electron chi connectivity index (χ0n) is 43.6. The molecule has 0 aliphatic carbocycles. The number of nitrogens with zero attached hydrogens (tertiary/aromatic N) is 1. The lowest BCUT2D eigenvalue weighted by molar-refractivity contribution is -0.889. The Bertz CT molecular complexity index is 1260. The maximum absolute atomic E-state index is 12.8. The summed E-state index contributed by atoms with van der Waals surface area (Å²) in [7, 11) is 5.42. The molecule has 0 fully saturated rings. The molecule has 0 N–H and O–H groups in total. The van der Waals surface area contributed by atoms with Crippen molar-refractivity contribution in [2.24, 2.45) is 0 Å². The van der Waals surface area contributed by atoms with Gasteiger partial charge >= 0.3 is 11.9 Å². The highest BCUT2D eigenvalue weighted by atomic mass is 16.6. The molecular weight excluding hydrogens is 823 g/mol. The van der Waals surface area contributed by atoms with Crippen LogP contribution in [0, 0.1) is 0 Å². The van der Waals surface area contributed by atoms with Gasteiger partial charge in [-0.2, -0.15) is 0 Å². The number of aliphatic carboxylic acids is 1. The van der Waals surface area contributed by atoms with Crippen LogP contribution in [0.25, 0.3) is 0 Å². The Balaban J connectivity index is 4.18. The van der Waals surface area contributed by atoms with E-state index in [2.05, 4.69) is 74.6 Å². The van der Waals surface area contributed by atoms with E-state index in [0.717, 1.165) is 70.6 Å². The number of carbonyl (C=O) groups is 3. The topological polar surface area (TPSA) is 102 Å². The van der Waals surface area contributed by atoms with E-state index < -0.39 is 18.1 Å². The molecule has 0 aromatic carbocycles. The fourth-order valence-electron chi connectivity index (χ4n) is 8.01. The molecule has 0 saturated carbocycles. The van der Waals surface area contributed by atoms with Gasteiger partial charge < -0.3 is 28.6 Å². The van der Waals surface area contributed by atoms with Crippen molar-refractivity contribution >= 4 is 17.9 Å². The van der Waals surface area contributed by atoms with Crippen molar-refractivity contribution in [1.29, 1.82) is 0 Å². The Kier molecular flexibility index (Phi) is 46.3. The van der Waals surface area contributed by atoms with Crippen molar-refractivity contribution in [2.45, 2.75) is 251 Å². The normalized spacial score (nSPS) is 13.3. The first-order valence-electron chi connectivity index (χ1n) is 27.3. The average Bonchev–Trinajstić information content (AvgIpc) is 3.28. The van der Waals surface area contributed by atoms with Crippen molar-refractivity contribution in [1.82, 2.24) is 0 Å². The van der Waals surface area contributed by atoms with Crippen LogP contribution in [0.15, 0.2) is 60.8 Å². The number of unbranched alkanes of at least 4 members (excludes halogenated alkanes) is 25. The van der Waals surface area contributed by atoms with Crippen LogP contribution in [0.2, 0.25) is 0 Å². The van der Waals surface area contributed by atoms with Gasteiger partial charge in [0.25, 0.3) is 0 Å². The van der Waals surface area contributed by atoms with Crippen LogP contribution >= 0.6 is 0 Å². The fraction of sp³-hybridized carbons (Fsp3) is 0.776. The van der Waals surface area contributed by atoms with Crippen LogP contribution in [-0.4, -0.2) is 75.5 Å². The van der Waals surface area contributed by atoms with E-state index >= 15 is 0 Å². The second-order valence-corrected chi connectivity index (χ2v) is 19.4. The lowest BCUT2D eigenvalue weighted by atomic mass is 10.0. The first kappa shape index (κ1) is 63.0. The molecule has 0 spiro atoms. The Morgan fingerprint density at radius 1 is 0.455 bits per heavy atom. The molecular formula is C58H103NO7. The molecule has 0 heterocycles. The second kappa shape index (κ2) is 48.5. The molecule has 8 nitrogen and oxygen atoms in total. The number of quaternary nitrogens is 1. The lowest BCUT2D eigenvalue weighted by Gasteiger charge is -2.34. The summed E-state index contributed by atoms with van der Waals surface area (Å²) < 4.78 is 17.3. The third kappa shape index (κ3) is 46.2. The summed E-state index contributed by atoms with van der Waals surface area (Å²) in [5.74, 6) is -1.73. The highest BCUT2D eigenvalue weighted by Gasteiger charge is 2.25. The predicted octanol–water partition coefficient (Wildman–Crippen LogP) is 14.8. The third-order valence-electron chi connectivity index (χ3n) is 12.1. The molecule has 2 atom stereocenters. The van der Waals surface area contributed by atoms with Crippen LogP contribution in [0.1, 0.15) is 239 Å². The number of hydrogen-bond acceptors (Lipinski definition) is 7. The number of carbonyl (C=O) groups excluding carboxylic acids is 3. The van der Waals surface area contributed by atoms with E-state index in [1.54, 1.807) is 0 Å². The summed E-state index contributed by atoms with van der Waals surface area (Å²) >= 11 is 0. The molecule has 2 unspecified atom stereocenters. The quantitative estimate of drug-likeness (QED) is 0.0259.